The molecule has 1 saturated carbocycles. The van der Waals surface area contributed by atoms with Crippen LogP contribution in [0, 0.1) is 10.5 Å². The van der Waals surface area contributed by atoms with Crippen molar-refractivity contribution in [2.24, 2.45) is 5.10 Å². The van der Waals surface area contributed by atoms with Crippen molar-refractivity contribution in [3.8, 4) is 0 Å². The summed E-state index contributed by atoms with van der Waals surface area (Å²) in [6.45, 7) is 2.51. The maximum atomic E-state index is 14.1. The van der Waals surface area contributed by atoms with Crippen LogP contribution in [-0.4, -0.2) is 66.4 Å². The van der Waals surface area contributed by atoms with Crippen molar-refractivity contribution in [3.05, 3.63) is 56.0 Å². The number of rotatable bonds is 9. The predicted octanol–water partition coefficient (Wildman–Crippen LogP) is 5.48. The van der Waals surface area contributed by atoms with E-state index in [4.69, 9.17) is 11.6 Å². The van der Waals surface area contributed by atoms with Crippen molar-refractivity contribution in [2.45, 2.75) is 69.3 Å². The monoisotopic (exact) mass is 787 g/mol. The first-order valence-electron chi connectivity index (χ1n) is 13.4. The number of hydrogen-bond donors (Lipinski definition) is 2. The topological polar surface area (TPSA) is 130 Å². The van der Waals surface area contributed by atoms with Gasteiger partial charge in [0.25, 0.3) is 17.6 Å². The van der Waals surface area contributed by atoms with Crippen LogP contribution in [0.5, 0.6) is 0 Å². The Morgan fingerprint density at radius 2 is 1.85 bits per heavy atom. The fourth-order valence-corrected chi connectivity index (χ4v) is 5.56. The molecule has 1 aliphatic heterocycles. The number of hydrazone groups is 1. The Bertz CT molecular complexity index is 1730. The summed E-state index contributed by atoms with van der Waals surface area (Å²) in [5.74, 6) is -15.6. The summed E-state index contributed by atoms with van der Waals surface area (Å²) in [5, 5.41) is 20.2. The van der Waals surface area contributed by atoms with Gasteiger partial charge in [-0.2, -0.15) is 40.6 Å². The fraction of sp³-hybridized carbons (Fsp3) is 0.423. The number of alkyl halides is 7. The number of halogens is 9. The molecule has 1 unspecified atom stereocenters. The zero-order valence-corrected chi connectivity index (χ0v) is 26.6. The maximum absolute atomic E-state index is 14.1. The number of pyridine rings is 1. The molecule has 2 aromatic heterocycles. The van der Waals surface area contributed by atoms with Crippen LogP contribution in [0.25, 0.3) is 0 Å². The number of hydrogen-bond acceptors (Lipinski definition) is 8. The van der Waals surface area contributed by atoms with Gasteiger partial charge in [-0.25, -0.2) is 9.99 Å². The predicted molar refractivity (Wildman–Crippen MR) is 158 cm³/mol. The summed E-state index contributed by atoms with van der Waals surface area (Å²) in [6, 6.07) is 6.38. The van der Waals surface area contributed by atoms with E-state index in [0.717, 1.165) is 21.4 Å². The molecule has 5 rings (SSSR count). The van der Waals surface area contributed by atoms with Crippen molar-refractivity contribution >= 4 is 63.2 Å². The molecule has 1 aromatic carbocycles. The molecule has 1 atom stereocenters. The third-order valence-electron chi connectivity index (χ3n) is 7.19. The molecule has 0 spiro atoms. The van der Waals surface area contributed by atoms with E-state index in [9.17, 15) is 40.3 Å². The molecule has 3 aromatic rings. The Morgan fingerprint density at radius 3 is 2.48 bits per heavy atom. The minimum atomic E-state index is -6.59. The molecule has 0 bridgehead atoms. The summed E-state index contributed by atoms with van der Waals surface area (Å²) in [7, 11) is 0. The first-order valence-corrected chi connectivity index (χ1v) is 14.8. The SMILES string of the molecule is Cc1cc(I)cc(C(=O)NC2CC2)c1NC(=O)C1(C)CC(Cn2nnc(C(F)(F)C(F)(F)C(F)(F)F)n2)=NN1c1ncccc1Cl. The molecule has 46 heavy (non-hydrogen) atoms. The van der Waals surface area contributed by atoms with Crippen LogP contribution in [-0.2, 0) is 17.3 Å². The van der Waals surface area contributed by atoms with Crippen molar-refractivity contribution in [1.29, 1.82) is 0 Å². The third kappa shape index (κ3) is 6.21. The van der Waals surface area contributed by atoms with Gasteiger partial charge in [-0.05, 0) is 84.3 Å². The van der Waals surface area contributed by atoms with Gasteiger partial charge >= 0.3 is 18.0 Å². The lowest BCUT2D eigenvalue weighted by Crippen LogP contribution is -2.51. The summed E-state index contributed by atoms with van der Waals surface area (Å²) in [4.78, 5) is 31.6. The standard InChI is InChI=1S/C26H22ClF7IN9O2/c1-12-8-13(35)9-16(20(45)37-14-5-6-14)18(12)38-22(46)23(2)10-15(40-44(23)19-17(27)4-3-7-36-19)11-43-41-21(39-42-43)24(28,29)25(30,31)26(32,33)34/h3-4,7-9,14H,5-6,10-11H2,1-2H3,(H,37,45)(H,38,46). The van der Waals surface area contributed by atoms with Crippen molar-refractivity contribution in [2.75, 3.05) is 10.3 Å². The van der Waals surface area contributed by atoms with Crippen LogP contribution in [0.3, 0.4) is 0 Å². The fourth-order valence-electron chi connectivity index (χ4n) is 4.58. The number of amides is 2. The van der Waals surface area contributed by atoms with Crippen LogP contribution in [0.2, 0.25) is 5.02 Å². The zero-order valence-electron chi connectivity index (χ0n) is 23.6. The highest BCUT2D eigenvalue weighted by molar-refractivity contribution is 14.1. The molecule has 246 valence electrons. The Morgan fingerprint density at radius 1 is 1.15 bits per heavy atom. The highest BCUT2D eigenvalue weighted by Crippen LogP contribution is 2.50. The minimum absolute atomic E-state index is 0.000231. The van der Waals surface area contributed by atoms with Crippen molar-refractivity contribution in [3.63, 3.8) is 0 Å². The number of nitrogens with zero attached hydrogens (tertiary/aromatic N) is 7. The largest absolute Gasteiger partial charge is 0.460 e. The molecule has 3 heterocycles. The lowest BCUT2D eigenvalue weighted by molar-refractivity contribution is -0.361. The number of nitrogens with one attached hydrogen (secondary N) is 2. The van der Waals surface area contributed by atoms with Gasteiger partial charge in [0.05, 0.1) is 22.0 Å². The normalized spacial score (nSPS) is 18.8. The lowest BCUT2D eigenvalue weighted by Gasteiger charge is -2.33. The first kappa shape index (κ1) is 33.7. The highest BCUT2D eigenvalue weighted by Gasteiger charge is 2.75. The van der Waals surface area contributed by atoms with E-state index >= 15 is 0 Å². The van der Waals surface area contributed by atoms with Crippen LogP contribution in [0.15, 0.2) is 35.6 Å². The zero-order chi connectivity index (χ0) is 33.8. The maximum Gasteiger partial charge on any atom is 0.460 e. The number of benzene rings is 1. The van der Waals surface area contributed by atoms with Crippen molar-refractivity contribution in [1.82, 2.24) is 30.5 Å². The smallest absolute Gasteiger partial charge is 0.349 e. The number of aryl methyl sites for hydroxylation is 1. The molecule has 2 aliphatic rings. The molecule has 1 fully saturated rings. The van der Waals surface area contributed by atoms with Crippen LogP contribution in [0.1, 0.15) is 47.9 Å². The van der Waals surface area contributed by atoms with E-state index in [1.807, 2.05) is 22.6 Å². The molecule has 0 saturated heterocycles. The van der Waals surface area contributed by atoms with E-state index in [-0.39, 0.29) is 40.3 Å². The Hall–Kier alpha value is -3.62. The van der Waals surface area contributed by atoms with Crippen molar-refractivity contribution < 1.29 is 40.3 Å². The second kappa shape index (κ2) is 11.9. The summed E-state index contributed by atoms with van der Waals surface area (Å²) >= 11 is 8.40. The van der Waals surface area contributed by atoms with Gasteiger partial charge in [-0.1, -0.05) is 11.6 Å². The second-order valence-electron chi connectivity index (χ2n) is 10.9. The molecular formula is C26H22ClF7IN9O2. The molecule has 1 aliphatic carbocycles. The van der Waals surface area contributed by atoms with Gasteiger partial charge in [-0.15, -0.1) is 10.2 Å². The highest BCUT2D eigenvalue weighted by atomic mass is 127. The molecule has 20 heteroatoms. The quantitative estimate of drug-likeness (QED) is 0.217. The Balaban J connectivity index is 1.46. The number of carbonyl (C=O) groups is 2. The number of carbonyl (C=O) groups excluding carboxylic acids is 2. The second-order valence-corrected chi connectivity index (χ2v) is 12.5. The van der Waals surface area contributed by atoms with Gasteiger partial charge in [0, 0.05) is 22.2 Å². The average molecular weight is 788 g/mol. The average Bonchev–Trinajstić information content (AvgIpc) is 3.53. The van der Waals surface area contributed by atoms with E-state index in [2.05, 4.69) is 36.1 Å². The Kier molecular flexibility index (Phi) is 8.71. The van der Waals surface area contributed by atoms with Crippen LogP contribution >= 0.6 is 34.2 Å². The van der Waals surface area contributed by atoms with E-state index in [1.165, 1.54) is 25.3 Å². The van der Waals surface area contributed by atoms with Gasteiger partial charge in [0.2, 0.25) is 0 Å². The van der Waals surface area contributed by atoms with E-state index in [0.29, 0.717) is 10.4 Å². The number of aromatic nitrogens is 5. The van der Waals surface area contributed by atoms with E-state index < -0.39 is 47.7 Å². The van der Waals surface area contributed by atoms with Crippen LogP contribution in [0.4, 0.5) is 42.2 Å². The minimum Gasteiger partial charge on any atom is -0.349 e. The molecular weight excluding hydrogens is 766 g/mol. The lowest BCUT2D eigenvalue weighted by atomic mass is 9.93. The molecule has 11 nitrogen and oxygen atoms in total. The summed E-state index contributed by atoms with van der Waals surface area (Å²) in [5.41, 5.74) is -0.641. The van der Waals surface area contributed by atoms with Gasteiger partial charge < -0.3 is 10.6 Å². The van der Waals surface area contributed by atoms with Gasteiger partial charge in [0.1, 0.15) is 12.1 Å². The van der Waals surface area contributed by atoms with E-state index in [1.54, 1.807) is 19.1 Å². The van der Waals surface area contributed by atoms with Gasteiger partial charge in [0.15, 0.2) is 5.82 Å². The third-order valence-corrected chi connectivity index (χ3v) is 8.11. The van der Waals surface area contributed by atoms with Gasteiger partial charge in [-0.3, -0.25) is 9.59 Å². The number of tetrazole rings is 1. The number of anilines is 2. The molecule has 2 N–H and O–H groups in total. The summed E-state index contributed by atoms with van der Waals surface area (Å²) in [6.07, 6.45) is -3.84. The first-order chi connectivity index (χ1) is 21.3. The Labute approximate surface area is 274 Å². The molecule has 0 radical (unpaired) electrons. The summed E-state index contributed by atoms with van der Waals surface area (Å²) < 4.78 is 94.1. The van der Waals surface area contributed by atoms with Crippen LogP contribution < -0.4 is 15.6 Å². The molecule has 2 amide bonds.